The van der Waals surface area contributed by atoms with Crippen LogP contribution in [-0.4, -0.2) is 81.3 Å². The van der Waals surface area contributed by atoms with Crippen LogP contribution in [0.15, 0.2) is 121 Å². The van der Waals surface area contributed by atoms with Crippen molar-refractivity contribution in [3.63, 3.8) is 0 Å². The van der Waals surface area contributed by atoms with Crippen molar-refractivity contribution >= 4 is 104 Å². The number of hydrogen-bond acceptors (Lipinski definition) is 12. The molecule has 0 spiro atoms. The maximum Gasteiger partial charge on any atom is 0.416 e. The topological polar surface area (TPSA) is 261 Å². The number of nitrogen functional groups attached to an aromatic ring is 1. The molecule has 478 valence electrons. The molecule has 0 saturated carbocycles. The minimum absolute atomic E-state index is 0. The summed E-state index contributed by atoms with van der Waals surface area (Å²) in [6.45, 7) is 1.51. The number of phenolic OH excluding ortho intramolecular Hbond substituents is 2. The van der Waals surface area contributed by atoms with Crippen molar-refractivity contribution in [3.05, 3.63) is 200 Å². The molecular formula is C56H46BBr3F13N3O13. The van der Waals surface area contributed by atoms with Crippen LogP contribution in [0.25, 0.3) is 0 Å². The van der Waals surface area contributed by atoms with E-state index in [-0.39, 0.29) is 84.5 Å². The molecule has 0 aromatic heterocycles. The summed E-state index contributed by atoms with van der Waals surface area (Å²) < 4.78 is 178. The third-order valence-corrected chi connectivity index (χ3v) is 10.6. The average Bonchev–Trinajstić information content (AvgIpc) is 3.67. The number of carboxylic acid groups (broad SMARTS) is 2. The van der Waals surface area contributed by atoms with Gasteiger partial charge in [-0.2, -0.15) is 39.5 Å². The van der Waals surface area contributed by atoms with Gasteiger partial charge in [0.1, 0.15) is 11.6 Å². The molecule has 0 unspecified atom stereocenters. The van der Waals surface area contributed by atoms with Gasteiger partial charge in [0.05, 0.1) is 60.3 Å². The second-order valence-corrected chi connectivity index (χ2v) is 23.0. The normalized spacial score (nSPS) is 10.4. The Kier molecular flexibility index (Phi) is 30.9. The molecule has 7 rings (SSSR count). The zero-order valence-corrected chi connectivity index (χ0v) is 49.6. The van der Waals surface area contributed by atoms with Crippen molar-refractivity contribution in [2.24, 2.45) is 0 Å². The number of carboxylic acids is 2. The first-order valence-corrected chi connectivity index (χ1v) is 26.1. The van der Waals surface area contributed by atoms with Crippen LogP contribution in [0.2, 0.25) is 0 Å². The van der Waals surface area contributed by atoms with Gasteiger partial charge in [-0.3, -0.25) is 19.2 Å². The van der Waals surface area contributed by atoms with Gasteiger partial charge in [0.25, 0.3) is 11.8 Å². The molecule has 0 atom stereocenters. The molecular weight excluding hydrogens is 1420 g/mol. The van der Waals surface area contributed by atoms with Gasteiger partial charge in [-0.05, 0) is 128 Å². The van der Waals surface area contributed by atoms with Gasteiger partial charge < -0.3 is 51.0 Å². The number of carbonyl (C=O) groups excluding carboxylic acids is 4. The number of phenols is 2. The van der Waals surface area contributed by atoms with Crippen molar-refractivity contribution in [3.8, 4) is 28.7 Å². The highest BCUT2D eigenvalue weighted by Gasteiger charge is 2.32. The minimum Gasteiger partial charge on any atom is -0.504 e. The smallest absolute Gasteiger partial charge is 0.416 e. The van der Waals surface area contributed by atoms with Crippen molar-refractivity contribution in [2.45, 2.75) is 32.9 Å². The lowest BCUT2D eigenvalue weighted by atomic mass is 10.1. The monoisotopic (exact) mass is 1460 g/mol. The summed E-state index contributed by atoms with van der Waals surface area (Å²) in [6, 6.07) is 19.8. The standard InChI is InChI=1S/C16H13F4NO2.C15H11F4NO3.C9H7FO4.C8H5FO4.C7H6F3N.CH4.BBr3/c1-9-13(17)7-10(8-14(9)23-2)15(22)21-12-5-3-11(4-6-12)16(18,19)20;1-23-12-7-8(6-11(16)13(12)21)14(22)20-10-4-2-9(3-5-10)15(17,18)19;1-14-8-6(4-11)2-5(9(12)13)3-7(8)10;9-6-2-4(8(12)13)1-5(3-10)7(6)11;8-7(9,10)5-1-3-6(11)4-2-5;;2-1(3)4/h3-8H,1-2H3,(H,21,22);2-7,21H,1H3,(H,20,22);2-4H,1H3,(H,12,13);1-3,11H,(H,12,13);1-4H,11H2;1H4;. The summed E-state index contributed by atoms with van der Waals surface area (Å²) in [5, 5.41) is 40.0. The highest BCUT2D eigenvalue weighted by atomic mass is 79.9. The number of aldehydes is 2. The number of hydrogen-bond donors (Lipinski definition) is 7. The van der Waals surface area contributed by atoms with Gasteiger partial charge in [0.15, 0.2) is 53.0 Å². The molecule has 16 nitrogen and oxygen atoms in total. The Morgan fingerprint density at radius 2 is 0.820 bits per heavy atom. The fourth-order valence-electron chi connectivity index (χ4n) is 6.30. The molecule has 0 aliphatic heterocycles. The summed E-state index contributed by atoms with van der Waals surface area (Å²) in [5.41, 5.74) is 2.41. The Hall–Kier alpha value is -8.85. The van der Waals surface area contributed by atoms with E-state index in [1.807, 2.05) is 0 Å². The van der Waals surface area contributed by atoms with Crippen molar-refractivity contribution in [2.75, 3.05) is 37.7 Å². The molecule has 7 aromatic rings. The molecule has 8 N–H and O–H groups in total. The first kappa shape index (κ1) is 78.2. The molecule has 2 amide bonds. The van der Waals surface area contributed by atoms with Crippen LogP contribution >= 0.6 is 47.3 Å². The number of carbonyl (C=O) groups is 6. The van der Waals surface area contributed by atoms with Gasteiger partial charge in [-0.15, -0.1) is 47.3 Å². The zero-order chi connectivity index (χ0) is 67.2. The summed E-state index contributed by atoms with van der Waals surface area (Å²) >= 11 is 9.31. The Morgan fingerprint density at radius 1 is 0.494 bits per heavy atom. The fourth-order valence-corrected chi connectivity index (χ4v) is 6.30. The maximum absolute atomic E-state index is 13.7. The van der Waals surface area contributed by atoms with Crippen molar-refractivity contribution in [1.29, 1.82) is 0 Å². The fraction of sp³-hybridized carbons (Fsp3) is 0.143. The summed E-state index contributed by atoms with van der Waals surface area (Å²) in [5.74, 6) is -9.56. The molecule has 89 heavy (non-hydrogen) atoms. The number of ether oxygens (including phenoxy) is 3. The minimum atomic E-state index is -4.48. The SMILES string of the molecule is BrB(Br)Br.C.COc1c(F)cc(C(=O)O)cc1C=O.COc1cc(C(=O)Nc2ccc(C(F)(F)F)cc2)cc(F)c1C.COc1cc(C(=O)Nc2ccc(C(F)(F)F)cc2)cc(F)c1O.Nc1ccc(C(F)(F)F)cc1.O=Cc1cc(C(=O)O)cc(F)c1O. The summed E-state index contributed by atoms with van der Waals surface area (Å²) in [4.78, 5) is 65.6. The van der Waals surface area contributed by atoms with Crippen molar-refractivity contribution in [1.82, 2.24) is 0 Å². The molecule has 0 aliphatic carbocycles. The molecule has 0 heterocycles. The van der Waals surface area contributed by atoms with Gasteiger partial charge in [-0.25, -0.2) is 27.2 Å². The van der Waals surface area contributed by atoms with Crippen molar-refractivity contribution < 1.29 is 120 Å². The lowest BCUT2D eigenvalue weighted by Gasteiger charge is -2.11. The predicted octanol–water partition coefficient (Wildman–Crippen LogP) is 15.7. The third-order valence-electron chi connectivity index (χ3n) is 10.6. The number of aromatic carboxylic acids is 2. The zero-order valence-electron chi connectivity index (χ0n) is 44.9. The van der Waals surface area contributed by atoms with Crippen LogP contribution in [0.3, 0.4) is 0 Å². The Bertz CT molecular complexity index is 3440. The number of benzene rings is 7. The number of methoxy groups -OCH3 is 3. The number of nitrogens with one attached hydrogen (secondary N) is 2. The van der Waals surface area contributed by atoms with E-state index in [0.29, 0.717) is 18.0 Å². The predicted molar refractivity (Wildman–Crippen MR) is 312 cm³/mol. The molecule has 0 fully saturated rings. The lowest BCUT2D eigenvalue weighted by Crippen LogP contribution is -2.13. The highest BCUT2D eigenvalue weighted by molar-refractivity contribution is 9.69. The van der Waals surface area contributed by atoms with Crippen LogP contribution in [0, 0.1) is 30.2 Å². The molecule has 7 aromatic carbocycles. The third kappa shape index (κ3) is 25.0. The van der Waals surface area contributed by atoms with E-state index in [4.69, 9.17) is 30.5 Å². The quantitative estimate of drug-likeness (QED) is 0.0275. The number of rotatable bonds is 11. The summed E-state index contributed by atoms with van der Waals surface area (Å²) in [6.07, 6.45) is -12.7. The largest absolute Gasteiger partial charge is 0.504 e. The number of halogens is 16. The van der Waals surface area contributed by atoms with E-state index in [2.05, 4.69) is 62.6 Å². The Balaban J connectivity index is 0.000000561. The van der Waals surface area contributed by atoms with Gasteiger partial charge in [-0.1, -0.05) is 7.43 Å². The van der Waals surface area contributed by atoms with E-state index in [0.717, 1.165) is 97.1 Å². The van der Waals surface area contributed by atoms with Gasteiger partial charge >= 0.3 is 33.7 Å². The first-order valence-electron chi connectivity index (χ1n) is 23.3. The number of anilines is 3. The van der Waals surface area contributed by atoms with Crippen LogP contribution in [0.4, 0.5) is 74.1 Å². The van der Waals surface area contributed by atoms with Crippen LogP contribution in [-0.2, 0) is 18.5 Å². The molecule has 33 heteroatoms. The van der Waals surface area contributed by atoms with E-state index < -0.39 is 93.7 Å². The second kappa shape index (κ2) is 35.2. The average molecular weight is 1470 g/mol. The first-order chi connectivity index (χ1) is 40.8. The van der Waals surface area contributed by atoms with E-state index in [9.17, 15) is 90.9 Å². The van der Waals surface area contributed by atoms with Gasteiger partial charge in [0.2, 0.25) is 0 Å². The molecule has 0 radical (unpaired) electrons. The maximum atomic E-state index is 13.7. The highest BCUT2D eigenvalue weighted by Crippen LogP contribution is 2.34. The van der Waals surface area contributed by atoms with Crippen LogP contribution < -0.4 is 30.6 Å². The lowest BCUT2D eigenvalue weighted by molar-refractivity contribution is -0.138. The molecule has 0 aliphatic rings. The summed E-state index contributed by atoms with van der Waals surface area (Å²) in [7, 11) is 3.73. The van der Waals surface area contributed by atoms with E-state index >= 15 is 0 Å². The Morgan fingerprint density at radius 3 is 1.17 bits per heavy atom. The second-order valence-electron chi connectivity index (χ2n) is 16.5. The number of aromatic hydroxyl groups is 2. The van der Waals surface area contributed by atoms with Crippen LogP contribution in [0.1, 0.15) is 91.8 Å². The number of alkyl halides is 9. The van der Waals surface area contributed by atoms with Gasteiger partial charge in [0, 0.05) is 33.8 Å². The number of nitrogens with two attached hydrogens (primary N) is 1. The van der Waals surface area contributed by atoms with E-state index in [1.54, 1.807) is 0 Å². The number of amides is 2. The Labute approximate surface area is 521 Å². The molecule has 0 saturated heterocycles. The van der Waals surface area contributed by atoms with E-state index in [1.165, 1.54) is 46.5 Å². The molecule has 0 bridgehead atoms. The van der Waals surface area contributed by atoms with Crippen LogP contribution in [0.5, 0.6) is 28.7 Å².